The van der Waals surface area contributed by atoms with Crippen molar-refractivity contribution < 1.29 is 35.8 Å². The monoisotopic (exact) mass is 916 g/mol. The third-order valence-corrected chi connectivity index (χ3v) is 14.3. The number of rotatable bonds is 17. The lowest BCUT2D eigenvalue weighted by atomic mass is 10.1. The lowest BCUT2D eigenvalue weighted by Gasteiger charge is -2.43. The van der Waals surface area contributed by atoms with E-state index in [4.69, 9.17) is 18.9 Å². The second kappa shape index (κ2) is 22.8. The van der Waals surface area contributed by atoms with E-state index >= 15 is 0 Å². The molecule has 12 nitrogen and oxygen atoms in total. The van der Waals surface area contributed by atoms with Crippen LogP contribution in [0, 0.1) is 0 Å². The predicted molar refractivity (Wildman–Crippen MR) is 240 cm³/mol. The minimum Gasteiger partial charge on any atom is -0.497 e. The van der Waals surface area contributed by atoms with Gasteiger partial charge in [0.2, 0.25) is 20.0 Å². The van der Waals surface area contributed by atoms with E-state index in [0.717, 1.165) is 45.3 Å². The average molecular weight is 918 g/mol. The lowest BCUT2D eigenvalue weighted by molar-refractivity contribution is 0.138. The minimum atomic E-state index is -3.43. The van der Waals surface area contributed by atoms with Crippen molar-refractivity contribution in [2.45, 2.75) is 75.2 Å². The summed E-state index contributed by atoms with van der Waals surface area (Å²) in [4.78, 5) is 2.83. The molecule has 0 spiro atoms. The Labute approximate surface area is 361 Å². The van der Waals surface area contributed by atoms with Crippen LogP contribution in [0.4, 0.5) is 0 Å². The largest absolute Gasteiger partial charge is 0.497 e. The van der Waals surface area contributed by atoms with Gasteiger partial charge in [-0.05, 0) is 84.6 Å². The van der Waals surface area contributed by atoms with Crippen LogP contribution in [-0.2, 0) is 46.2 Å². The molecule has 0 aromatic heterocycles. The van der Waals surface area contributed by atoms with Gasteiger partial charge in [-0.1, -0.05) is 78.3 Å². The summed E-state index contributed by atoms with van der Waals surface area (Å²) < 4.78 is 76.7. The summed E-state index contributed by atoms with van der Waals surface area (Å²) in [6, 6.07) is 30.4. The van der Waals surface area contributed by atoms with Crippen molar-refractivity contribution in [3.05, 3.63) is 119 Å². The minimum absolute atomic E-state index is 0.328. The van der Waals surface area contributed by atoms with Gasteiger partial charge in [-0.2, -0.15) is 8.61 Å². The second-order valence-electron chi connectivity index (χ2n) is 15.0. The molecule has 0 atom stereocenters. The molecule has 2 heterocycles. The number of ether oxygens (including phenoxy) is 4. The summed E-state index contributed by atoms with van der Waals surface area (Å²) in [7, 11) is -0.358. The summed E-state index contributed by atoms with van der Waals surface area (Å²) in [5.41, 5.74) is 3.72. The van der Waals surface area contributed by atoms with Crippen LogP contribution in [0.2, 0.25) is 0 Å². The molecule has 324 valence electrons. The summed E-state index contributed by atoms with van der Waals surface area (Å²) in [6.45, 7) is 11.8. The molecular formula is C44H61BrN4O8S2. The molecular weight excluding hydrogens is 857 g/mol. The van der Waals surface area contributed by atoms with Gasteiger partial charge in [-0.3, -0.25) is 4.90 Å². The number of alkyl halides is 1. The first-order valence-corrected chi connectivity index (χ1v) is 23.6. The molecule has 59 heavy (non-hydrogen) atoms. The number of likely N-dealkylation sites (tertiary alicyclic amines) is 1. The molecule has 0 saturated carbocycles. The third-order valence-electron chi connectivity index (χ3n) is 9.98. The van der Waals surface area contributed by atoms with Crippen molar-refractivity contribution in [2.75, 3.05) is 54.6 Å². The molecule has 0 amide bonds. The molecule has 0 radical (unpaired) electrons. The van der Waals surface area contributed by atoms with Crippen LogP contribution in [0.25, 0.3) is 0 Å². The van der Waals surface area contributed by atoms with E-state index in [2.05, 4.69) is 53.8 Å². The predicted octanol–water partition coefficient (Wildman–Crippen LogP) is 6.93. The molecule has 0 aliphatic carbocycles. The van der Waals surface area contributed by atoms with E-state index in [1.807, 2.05) is 97.1 Å². The Morgan fingerprint density at radius 2 is 0.797 bits per heavy atom. The smallest absolute Gasteiger partial charge is 0.220 e. The van der Waals surface area contributed by atoms with Crippen LogP contribution in [0.1, 0.15) is 49.9 Å². The van der Waals surface area contributed by atoms with Crippen molar-refractivity contribution in [2.24, 2.45) is 0 Å². The molecule has 2 saturated heterocycles. The van der Waals surface area contributed by atoms with Gasteiger partial charge in [-0.15, -0.1) is 0 Å². The first-order chi connectivity index (χ1) is 28.1. The zero-order valence-corrected chi connectivity index (χ0v) is 38.7. The quantitative estimate of drug-likeness (QED) is 0.112. The maximum atomic E-state index is 13.4. The molecule has 15 heteroatoms. The van der Waals surface area contributed by atoms with Crippen LogP contribution >= 0.6 is 15.9 Å². The van der Waals surface area contributed by atoms with Gasteiger partial charge in [0.25, 0.3) is 0 Å². The molecule has 1 N–H and O–H groups in total. The third kappa shape index (κ3) is 14.2. The van der Waals surface area contributed by atoms with Crippen molar-refractivity contribution in [1.29, 1.82) is 0 Å². The highest BCUT2D eigenvalue weighted by Gasteiger charge is 2.41. The van der Waals surface area contributed by atoms with Crippen LogP contribution in [-0.4, -0.2) is 106 Å². The molecule has 2 aliphatic heterocycles. The van der Waals surface area contributed by atoms with Crippen molar-refractivity contribution in [3.8, 4) is 23.0 Å². The van der Waals surface area contributed by atoms with Crippen LogP contribution in [0.15, 0.2) is 97.1 Å². The van der Waals surface area contributed by atoms with Gasteiger partial charge < -0.3 is 24.3 Å². The Kier molecular flexibility index (Phi) is 18.5. The summed E-state index contributed by atoms with van der Waals surface area (Å²) in [5, 5.41) is 2.32. The van der Waals surface area contributed by atoms with Gasteiger partial charge in [0.15, 0.2) is 0 Å². The molecule has 4 aromatic carbocycles. The topological polar surface area (TPSA) is 127 Å². The fraction of sp³-hybridized carbons (Fsp3) is 0.455. The number of sulfonamides is 2. The van der Waals surface area contributed by atoms with E-state index < -0.39 is 20.0 Å². The Hall–Kier alpha value is -3.70. The number of hydrogen-bond donors (Lipinski definition) is 1. The molecule has 2 fully saturated rings. The molecule has 6 rings (SSSR count). The van der Waals surface area contributed by atoms with E-state index in [1.165, 1.54) is 0 Å². The highest BCUT2D eigenvalue weighted by atomic mass is 79.9. The van der Waals surface area contributed by atoms with E-state index in [1.54, 1.807) is 37.0 Å². The first kappa shape index (κ1) is 48.0. The number of nitrogens with zero attached hydrogens (tertiary/aromatic N) is 3. The lowest BCUT2D eigenvalue weighted by Crippen LogP contribution is -2.59. The van der Waals surface area contributed by atoms with Gasteiger partial charge >= 0.3 is 0 Å². The number of hydrogen-bond acceptors (Lipinski definition) is 10. The summed E-state index contributed by atoms with van der Waals surface area (Å²) in [5.74, 6) is 3.01. The number of benzene rings is 4. The van der Waals surface area contributed by atoms with Crippen molar-refractivity contribution >= 4 is 36.0 Å². The van der Waals surface area contributed by atoms with Gasteiger partial charge in [-0.25, -0.2) is 16.8 Å². The summed E-state index contributed by atoms with van der Waals surface area (Å²) >= 11 is 3.27. The highest BCUT2D eigenvalue weighted by Crippen LogP contribution is 2.27. The summed E-state index contributed by atoms with van der Waals surface area (Å²) in [6.07, 6.45) is 0. The first-order valence-electron chi connectivity index (χ1n) is 19.7. The van der Waals surface area contributed by atoms with Crippen LogP contribution in [0.5, 0.6) is 23.0 Å². The Bertz CT molecular complexity index is 1960. The van der Waals surface area contributed by atoms with Crippen molar-refractivity contribution in [1.82, 2.24) is 18.8 Å². The number of nitrogens with one attached hydrogen (secondary N) is 1. The molecule has 0 unspecified atom stereocenters. The van der Waals surface area contributed by atoms with Gasteiger partial charge in [0.05, 0.1) is 28.4 Å². The van der Waals surface area contributed by atoms with Crippen LogP contribution < -0.4 is 24.3 Å². The zero-order chi connectivity index (χ0) is 43.2. The van der Waals surface area contributed by atoms with Gasteiger partial charge in [0, 0.05) is 63.2 Å². The van der Waals surface area contributed by atoms with Crippen molar-refractivity contribution in [3.63, 3.8) is 0 Å². The zero-order valence-electron chi connectivity index (χ0n) is 35.5. The fourth-order valence-electron chi connectivity index (χ4n) is 6.18. The van der Waals surface area contributed by atoms with E-state index in [9.17, 15) is 16.8 Å². The molecule has 4 aromatic rings. The Balaban J connectivity index is 0.000000240. The second-order valence-corrected chi connectivity index (χ2v) is 21.2. The maximum Gasteiger partial charge on any atom is 0.220 e. The standard InChI is InChI=1S/C22H30N2O4S.C19H24N2O4S.C3H7Br/c1-17(2)23-15-22(16-23)29(25,26)24(13-18-5-9-20(27-3)10-6-18)14-19-7-11-21(28-4)12-8-19;1-24-17-7-3-15(4-8-17)13-21(26(22,23)19-11-20-12-19)14-16-5-9-18(25-2)10-6-16;1-3(2)4/h5-12,17,22H,13-16H2,1-4H3;3-10,19-20H,11-14H2,1-2H3;3H,1-2H3. The number of halogens is 1. The average Bonchev–Trinajstić information content (AvgIpc) is 3.17. The van der Waals surface area contributed by atoms with E-state index in [0.29, 0.717) is 63.2 Å². The van der Waals surface area contributed by atoms with E-state index in [-0.39, 0.29) is 10.5 Å². The maximum absolute atomic E-state index is 13.4. The fourth-order valence-corrected chi connectivity index (χ4v) is 9.76. The number of methoxy groups -OCH3 is 4. The Morgan fingerprint density at radius 1 is 0.542 bits per heavy atom. The Morgan fingerprint density at radius 3 is 1.00 bits per heavy atom. The van der Waals surface area contributed by atoms with Gasteiger partial charge in [0.1, 0.15) is 33.5 Å². The van der Waals surface area contributed by atoms with Crippen LogP contribution in [0.3, 0.4) is 0 Å². The molecule has 0 bridgehead atoms. The highest BCUT2D eigenvalue weighted by molar-refractivity contribution is 9.09. The SMILES string of the molecule is CC(C)Br.COc1ccc(CN(Cc2ccc(OC)cc2)S(=O)(=O)C2CN(C(C)C)C2)cc1.COc1ccc(CN(Cc2ccc(OC)cc2)S(=O)(=O)C2CNC2)cc1. The normalized spacial score (nSPS) is 14.8. The molecule has 2 aliphatic rings.